The zero-order valence-electron chi connectivity index (χ0n) is 10.7. The van der Waals surface area contributed by atoms with E-state index < -0.39 is 44.7 Å². The lowest BCUT2D eigenvalue weighted by molar-refractivity contribution is -0.396. The molecule has 0 N–H and O–H groups in total. The van der Waals surface area contributed by atoms with Crippen molar-refractivity contribution in [2.75, 3.05) is 7.11 Å². The van der Waals surface area contributed by atoms with Gasteiger partial charge in [0.15, 0.2) is 8.32 Å². The molecule has 0 aliphatic rings. The van der Waals surface area contributed by atoms with Crippen LogP contribution in [0.2, 0.25) is 19.1 Å². The number of alkyl halides is 9. The molecule has 1 nitrogen and oxygen atoms in total. The van der Waals surface area contributed by atoms with Crippen molar-refractivity contribution in [1.82, 2.24) is 0 Å². The van der Waals surface area contributed by atoms with Crippen LogP contribution in [-0.4, -0.2) is 39.4 Å². The van der Waals surface area contributed by atoms with Crippen molar-refractivity contribution in [1.29, 1.82) is 0 Å². The topological polar surface area (TPSA) is 9.23 Å². The van der Waals surface area contributed by atoms with Crippen molar-refractivity contribution in [3.8, 4) is 0 Å². The second-order valence-electron chi connectivity index (χ2n) is 4.81. The summed E-state index contributed by atoms with van der Waals surface area (Å²) in [4.78, 5) is 0. The summed E-state index contributed by atoms with van der Waals surface area (Å²) >= 11 is 0. The highest BCUT2D eigenvalue weighted by atomic mass is 28.4. The molecule has 122 valence electrons. The van der Waals surface area contributed by atoms with Gasteiger partial charge in [0.25, 0.3) is 0 Å². The van der Waals surface area contributed by atoms with Crippen LogP contribution in [0.5, 0.6) is 0 Å². The Balaban J connectivity index is 5.27. The Morgan fingerprint density at radius 2 is 1.20 bits per heavy atom. The minimum Gasteiger partial charge on any atom is -0.420 e. The van der Waals surface area contributed by atoms with Crippen molar-refractivity contribution in [2.24, 2.45) is 0 Å². The number of hydrogen-bond acceptors (Lipinski definition) is 1. The van der Waals surface area contributed by atoms with Gasteiger partial charge in [-0.2, -0.15) is 39.5 Å². The molecule has 0 aromatic rings. The maximum Gasteiger partial charge on any atom is 0.460 e. The average Bonchev–Trinajstić information content (AvgIpc) is 2.24. The van der Waals surface area contributed by atoms with Gasteiger partial charge in [-0.25, -0.2) is 0 Å². The number of halogens is 9. The van der Waals surface area contributed by atoms with Crippen LogP contribution in [0.3, 0.4) is 0 Å². The molecule has 20 heavy (non-hydrogen) atoms. The summed E-state index contributed by atoms with van der Waals surface area (Å²) in [5, 5.41) is 0. The van der Waals surface area contributed by atoms with Crippen LogP contribution in [0.25, 0.3) is 0 Å². The van der Waals surface area contributed by atoms with E-state index in [0.717, 1.165) is 7.11 Å². The zero-order chi connectivity index (χ0) is 16.6. The molecule has 0 aliphatic heterocycles. The molecule has 0 aromatic heterocycles. The van der Waals surface area contributed by atoms with Gasteiger partial charge in [0.2, 0.25) is 0 Å². The first-order valence-corrected chi connectivity index (χ1v) is 8.39. The van der Waals surface area contributed by atoms with Crippen LogP contribution in [-0.2, 0) is 4.43 Å². The van der Waals surface area contributed by atoms with Crippen LogP contribution in [0.1, 0.15) is 6.42 Å². The summed E-state index contributed by atoms with van der Waals surface area (Å²) < 4.78 is 117. The Bertz CT molecular complexity index is 337. The van der Waals surface area contributed by atoms with E-state index in [1.54, 1.807) is 0 Å². The summed E-state index contributed by atoms with van der Waals surface area (Å²) in [7, 11) is -1.69. The Kier molecular flexibility index (Phi) is 5.27. The minimum absolute atomic E-state index is 0.694. The fourth-order valence-electron chi connectivity index (χ4n) is 1.12. The number of rotatable bonds is 6. The first-order valence-electron chi connectivity index (χ1n) is 5.27. The molecule has 0 spiro atoms. The van der Waals surface area contributed by atoms with E-state index in [4.69, 9.17) is 4.43 Å². The molecule has 0 atom stereocenters. The highest BCUT2D eigenvalue weighted by Crippen LogP contribution is 2.54. The van der Waals surface area contributed by atoms with Gasteiger partial charge in [-0.3, -0.25) is 0 Å². The van der Waals surface area contributed by atoms with Gasteiger partial charge in [-0.15, -0.1) is 0 Å². The summed E-state index contributed by atoms with van der Waals surface area (Å²) in [6, 6.07) is -0.694. The molecule has 0 fully saturated rings. The van der Waals surface area contributed by atoms with E-state index in [2.05, 4.69) is 0 Å². The van der Waals surface area contributed by atoms with Crippen molar-refractivity contribution in [3.05, 3.63) is 0 Å². The van der Waals surface area contributed by atoms with Crippen molar-refractivity contribution >= 4 is 8.32 Å². The van der Waals surface area contributed by atoms with Crippen LogP contribution < -0.4 is 0 Å². The fraction of sp³-hybridized carbons (Fsp3) is 1.00. The van der Waals surface area contributed by atoms with Gasteiger partial charge in [0.05, 0.1) is 0 Å². The predicted octanol–water partition coefficient (Wildman–Crippen LogP) is 4.70. The van der Waals surface area contributed by atoms with Gasteiger partial charge in [-0.1, -0.05) is 0 Å². The van der Waals surface area contributed by atoms with Gasteiger partial charge in [0.1, 0.15) is 0 Å². The molecule has 0 aromatic carbocycles. The minimum atomic E-state index is -6.82. The van der Waals surface area contributed by atoms with E-state index in [9.17, 15) is 39.5 Å². The lowest BCUT2D eigenvalue weighted by atomic mass is 10.0. The van der Waals surface area contributed by atoms with E-state index >= 15 is 0 Å². The normalized spacial score (nSPS) is 15.6. The van der Waals surface area contributed by atoms with Gasteiger partial charge in [-0.05, 0) is 19.1 Å². The molecule has 0 bridgehead atoms. The molecular weight excluding hydrogens is 323 g/mol. The first-order chi connectivity index (χ1) is 8.52. The van der Waals surface area contributed by atoms with Crippen molar-refractivity contribution in [3.63, 3.8) is 0 Å². The first kappa shape index (κ1) is 19.5. The Hall–Kier alpha value is -0.453. The van der Waals surface area contributed by atoms with Crippen LogP contribution in [0.4, 0.5) is 39.5 Å². The van der Waals surface area contributed by atoms with E-state index in [1.165, 1.54) is 13.1 Å². The van der Waals surface area contributed by atoms with Crippen molar-refractivity contribution in [2.45, 2.75) is 49.5 Å². The molecule has 0 saturated heterocycles. The standard InChI is InChI=1S/C9H13F9OSi/c1-19-20(2,3)5-4-6(10,11)7(12,13)8(14,15)9(16,17)18/h4-5H2,1-3H3. The van der Waals surface area contributed by atoms with Gasteiger partial charge < -0.3 is 4.43 Å². The molecular formula is C9H13F9OSi. The lowest BCUT2D eigenvalue weighted by Crippen LogP contribution is -2.61. The zero-order valence-corrected chi connectivity index (χ0v) is 11.7. The summed E-state index contributed by atoms with van der Waals surface area (Å²) in [6.45, 7) is 2.67. The van der Waals surface area contributed by atoms with Gasteiger partial charge >= 0.3 is 23.9 Å². The molecule has 0 aliphatic carbocycles. The molecule has 0 radical (unpaired) electrons. The van der Waals surface area contributed by atoms with Crippen LogP contribution >= 0.6 is 0 Å². The predicted molar refractivity (Wildman–Crippen MR) is 54.8 cm³/mol. The molecule has 0 rings (SSSR count). The summed E-state index contributed by atoms with van der Waals surface area (Å²) in [5.41, 5.74) is 0. The Morgan fingerprint density at radius 3 is 1.50 bits per heavy atom. The quantitative estimate of drug-likeness (QED) is 0.505. The summed E-state index contributed by atoms with van der Waals surface area (Å²) in [5.74, 6) is -18.9. The lowest BCUT2D eigenvalue weighted by Gasteiger charge is -2.34. The van der Waals surface area contributed by atoms with Crippen molar-refractivity contribution < 1.29 is 43.9 Å². The third-order valence-corrected chi connectivity index (χ3v) is 5.36. The fourth-order valence-corrected chi connectivity index (χ4v) is 2.24. The monoisotopic (exact) mass is 336 g/mol. The largest absolute Gasteiger partial charge is 0.460 e. The highest BCUT2D eigenvalue weighted by molar-refractivity contribution is 6.71. The average molecular weight is 336 g/mol. The van der Waals surface area contributed by atoms with E-state index in [0.29, 0.717) is 0 Å². The maximum absolute atomic E-state index is 13.1. The van der Waals surface area contributed by atoms with E-state index in [1.807, 2.05) is 0 Å². The summed E-state index contributed by atoms with van der Waals surface area (Å²) in [6.07, 6.45) is -8.59. The Labute approximate surface area is 110 Å². The Morgan fingerprint density at radius 1 is 0.800 bits per heavy atom. The molecule has 0 saturated carbocycles. The van der Waals surface area contributed by atoms with Gasteiger partial charge in [0, 0.05) is 13.5 Å². The molecule has 11 heteroatoms. The molecule has 0 unspecified atom stereocenters. The van der Waals surface area contributed by atoms with Crippen LogP contribution in [0.15, 0.2) is 0 Å². The SMILES string of the molecule is CO[Si](C)(C)CCC(F)(F)C(F)(F)C(F)(F)C(F)(F)F. The second-order valence-corrected chi connectivity index (χ2v) is 9.24. The third kappa shape index (κ3) is 3.60. The third-order valence-electron chi connectivity index (χ3n) is 2.80. The number of hydrogen-bond donors (Lipinski definition) is 0. The maximum atomic E-state index is 13.1. The smallest absolute Gasteiger partial charge is 0.420 e. The van der Waals surface area contributed by atoms with E-state index in [-0.39, 0.29) is 0 Å². The van der Waals surface area contributed by atoms with Crippen LogP contribution in [0, 0.1) is 0 Å². The molecule has 0 heterocycles. The molecule has 0 amide bonds. The highest BCUT2D eigenvalue weighted by Gasteiger charge is 2.81. The second kappa shape index (κ2) is 5.39.